The number of nitrogens with zero attached hydrogens (tertiary/aromatic N) is 2. The first-order chi connectivity index (χ1) is 15.1. The normalized spacial score (nSPS) is 20.9. The lowest BCUT2D eigenvalue weighted by atomic mass is 9.70. The molecule has 1 aliphatic rings. The van der Waals surface area contributed by atoms with E-state index < -0.39 is 11.8 Å². The topological polar surface area (TPSA) is 72.0 Å². The molecule has 1 aromatic carbocycles. The van der Waals surface area contributed by atoms with E-state index in [1.165, 1.54) is 6.07 Å². The predicted octanol–water partition coefficient (Wildman–Crippen LogP) is 3.68. The molecular formula is C25H24FN3O2. The summed E-state index contributed by atoms with van der Waals surface area (Å²) < 4.78 is 14.2. The van der Waals surface area contributed by atoms with E-state index in [-0.39, 0.29) is 23.3 Å². The smallest absolute Gasteiger partial charge is 0.169 e. The van der Waals surface area contributed by atoms with Crippen LogP contribution in [0.1, 0.15) is 31.8 Å². The van der Waals surface area contributed by atoms with Crippen LogP contribution in [0, 0.1) is 30.5 Å². The third-order valence-corrected chi connectivity index (χ3v) is 6.16. The van der Waals surface area contributed by atoms with Crippen LogP contribution in [0.15, 0.2) is 67.3 Å². The molecule has 0 radical (unpaired) electrons. The van der Waals surface area contributed by atoms with Crippen molar-refractivity contribution in [2.24, 2.45) is 17.8 Å². The number of benzene rings is 1. The van der Waals surface area contributed by atoms with Crippen LogP contribution < -0.4 is 5.32 Å². The summed E-state index contributed by atoms with van der Waals surface area (Å²) in [6.07, 6.45) is 6.80. The summed E-state index contributed by atoms with van der Waals surface area (Å²) in [4.78, 5) is 34.9. The van der Waals surface area contributed by atoms with Gasteiger partial charge in [0.25, 0.3) is 0 Å². The second kappa shape index (κ2) is 9.27. The van der Waals surface area contributed by atoms with E-state index in [1.807, 2.05) is 6.07 Å². The second-order valence-electron chi connectivity index (χ2n) is 7.98. The lowest BCUT2D eigenvalue weighted by Crippen LogP contribution is -2.50. The van der Waals surface area contributed by atoms with E-state index in [9.17, 15) is 14.0 Å². The van der Waals surface area contributed by atoms with E-state index in [1.54, 1.807) is 62.0 Å². The Morgan fingerprint density at radius 2 is 1.52 bits per heavy atom. The highest BCUT2D eigenvalue weighted by atomic mass is 19.1. The number of piperidine rings is 1. The third-order valence-electron chi connectivity index (χ3n) is 6.16. The highest BCUT2D eigenvalue weighted by Crippen LogP contribution is 2.34. The van der Waals surface area contributed by atoms with Gasteiger partial charge in [-0.15, -0.1) is 0 Å². The summed E-state index contributed by atoms with van der Waals surface area (Å²) in [6.45, 7) is 2.66. The van der Waals surface area contributed by atoms with Crippen LogP contribution in [0.3, 0.4) is 0 Å². The first-order valence-corrected chi connectivity index (χ1v) is 10.4. The van der Waals surface area contributed by atoms with Crippen molar-refractivity contribution in [2.75, 3.05) is 13.1 Å². The van der Waals surface area contributed by atoms with Gasteiger partial charge in [-0.25, -0.2) is 4.39 Å². The van der Waals surface area contributed by atoms with Crippen molar-refractivity contribution in [2.45, 2.75) is 13.3 Å². The van der Waals surface area contributed by atoms with E-state index in [2.05, 4.69) is 15.3 Å². The first-order valence-electron chi connectivity index (χ1n) is 10.4. The predicted molar refractivity (Wildman–Crippen MR) is 115 cm³/mol. The Bertz CT molecular complexity index is 1010. The molecule has 0 amide bonds. The molecule has 0 aliphatic carbocycles. The zero-order valence-corrected chi connectivity index (χ0v) is 17.3. The molecule has 2 aromatic heterocycles. The Hall–Kier alpha value is -3.25. The average Bonchev–Trinajstić information content (AvgIpc) is 2.82. The number of halogens is 1. The summed E-state index contributed by atoms with van der Waals surface area (Å²) in [5.41, 5.74) is 2.41. The second-order valence-corrected chi connectivity index (χ2v) is 7.98. The zero-order valence-electron chi connectivity index (χ0n) is 17.3. The summed E-state index contributed by atoms with van der Waals surface area (Å²) >= 11 is 0. The van der Waals surface area contributed by atoms with E-state index >= 15 is 0 Å². The lowest BCUT2D eigenvalue weighted by Gasteiger charge is -2.37. The summed E-state index contributed by atoms with van der Waals surface area (Å²) in [5, 5.41) is 3.27. The van der Waals surface area contributed by atoms with Crippen LogP contribution in [0.5, 0.6) is 0 Å². The van der Waals surface area contributed by atoms with Gasteiger partial charge in [0.05, 0.1) is 0 Å². The fourth-order valence-electron chi connectivity index (χ4n) is 4.41. The highest BCUT2D eigenvalue weighted by Gasteiger charge is 2.41. The fraction of sp³-hybridized carbons (Fsp3) is 0.280. The van der Waals surface area contributed by atoms with Gasteiger partial charge in [0.15, 0.2) is 11.6 Å². The van der Waals surface area contributed by atoms with Gasteiger partial charge >= 0.3 is 0 Å². The molecular weight excluding hydrogens is 393 g/mol. The summed E-state index contributed by atoms with van der Waals surface area (Å²) in [5.74, 6) is -1.51. The number of hydrogen-bond donors (Lipinski definition) is 1. The van der Waals surface area contributed by atoms with Gasteiger partial charge in [0, 0.05) is 60.8 Å². The molecule has 3 atom stereocenters. The number of carbonyl (C=O) groups excluding carboxylic acids is 2. The standard InChI is InChI=1S/C25H24FN3O2/c1-16-17(5-2-8-23(16)26)11-20-21(24(30)18-6-3-9-27-12-18)14-29-15-22(20)25(31)19-7-4-10-28-13-19/h2-10,12-13,20-22,29H,11,14-15H2,1H3/t20-,21-,22+. The molecule has 158 valence electrons. The maximum absolute atomic E-state index is 14.2. The Balaban J connectivity index is 1.72. The number of aromatic nitrogens is 2. The molecule has 5 nitrogen and oxygen atoms in total. The molecule has 0 bridgehead atoms. The number of Topliss-reactive ketones (excluding diaryl/α,β-unsaturated/α-hetero) is 2. The van der Waals surface area contributed by atoms with Crippen LogP contribution in [-0.4, -0.2) is 34.6 Å². The maximum Gasteiger partial charge on any atom is 0.169 e. The van der Waals surface area contributed by atoms with Crippen molar-refractivity contribution in [1.29, 1.82) is 0 Å². The molecule has 0 unspecified atom stereocenters. The number of hydrogen-bond acceptors (Lipinski definition) is 5. The molecule has 1 saturated heterocycles. The maximum atomic E-state index is 14.2. The summed E-state index contributed by atoms with van der Waals surface area (Å²) in [7, 11) is 0. The molecule has 6 heteroatoms. The van der Waals surface area contributed by atoms with Crippen LogP contribution in [0.2, 0.25) is 0 Å². The quantitative estimate of drug-likeness (QED) is 0.620. The minimum atomic E-state index is -0.425. The SMILES string of the molecule is Cc1c(F)cccc1C[C@H]1[C@@H](C(=O)c2cccnc2)CNC[C@H]1C(=O)c1cccnc1. The molecule has 1 aliphatic heterocycles. The Kier molecular flexibility index (Phi) is 6.28. The van der Waals surface area contributed by atoms with Crippen molar-refractivity contribution >= 4 is 11.6 Å². The Morgan fingerprint density at radius 3 is 2.03 bits per heavy atom. The molecule has 4 rings (SSSR count). The molecule has 0 saturated carbocycles. The van der Waals surface area contributed by atoms with Crippen LogP contribution in [-0.2, 0) is 6.42 Å². The zero-order chi connectivity index (χ0) is 21.8. The van der Waals surface area contributed by atoms with Gasteiger partial charge in [0.2, 0.25) is 0 Å². The van der Waals surface area contributed by atoms with E-state index in [4.69, 9.17) is 0 Å². The van der Waals surface area contributed by atoms with Gasteiger partial charge in [-0.05, 0) is 60.7 Å². The minimum Gasteiger partial charge on any atom is -0.315 e. The number of rotatable bonds is 6. The van der Waals surface area contributed by atoms with Gasteiger partial charge in [-0.2, -0.15) is 0 Å². The van der Waals surface area contributed by atoms with Crippen LogP contribution in [0.4, 0.5) is 4.39 Å². The van der Waals surface area contributed by atoms with Crippen molar-refractivity contribution in [1.82, 2.24) is 15.3 Å². The molecule has 3 aromatic rings. The molecule has 1 fully saturated rings. The van der Waals surface area contributed by atoms with Crippen molar-refractivity contribution < 1.29 is 14.0 Å². The van der Waals surface area contributed by atoms with Gasteiger partial charge in [0.1, 0.15) is 5.82 Å². The van der Waals surface area contributed by atoms with Gasteiger partial charge < -0.3 is 5.32 Å². The number of carbonyl (C=O) groups is 2. The third kappa shape index (κ3) is 4.44. The molecule has 3 heterocycles. The minimum absolute atomic E-state index is 0.0525. The van der Waals surface area contributed by atoms with Crippen molar-refractivity contribution in [3.63, 3.8) is 0 Å². The molecule has 1 N–H and O–H groups in total. The average molecular weight is 417 g/mol. The van der Waals surface area contributed by atoms with Gasteiger partial charge in [-0.1, -0.05) is 12.1 Å². The molecule has 0 spiro atoms. The van der Waals surface area contributed by atoms with Crippen molar-refractivity contribution in [3.05, 3.63) is 95.3 Å². The Labute approximate surface area is 180 Å². The fourth-order valence-corrected chi connectivity index (χ4v) is 4.41. The first kappa shape index (κ1) is 21.0. The highest BCUT2D eigenvalue weighted by molar-refractivity contribution is 6.01. The largest absolute Gasteiger partial charge is 0.315 e. The van der Waals surface area contributed by atoms with E-state index in [0.29, 0.717) is 36.2 Å². The van der Waals surface area contributed by atoms with Crippen LogP contribution >= 0.6 is 0 Å². The lowest BCUT2D eigenvalue weighted by molar-refractivity contribution is 0.0682. The van der Waals surface area contributed by atoms with Gasteiger partial charge in [-0.3, -0.25) is 19.6 Å². The van der Waals surface area contributed by atoms with E-state index in [0.717, 1.165) is 5.56 Å². The number of ketones is 2. The summed E-state index contributed by atoms with van der Waals surface area (Å²) in [6, 6.07) is 11.9. The van der Waals surface area contributed by atoms with Crippen molar-refractivity contribution in [3.8, 4) is 0 Å². The Morgan fingerprint density at radius 1 is 0.935 bits per heavy atom. The number of nitrogens with one attached hydrogen (secondary N) is 1. The molecule has 31 heavy (non-hydrogen) atoms. The van der Waals surface area contributed by atoms with Crippen LogP contribution in [0.25, 0.3) is 0 Å². The number of pyridine rings is 2. The monoisotopic (exact) mass is 417 g/mol.